The SMILES string of the molecule is CCCOc1cccc(/C(O)=C2\C(=O)C(=O)N(Cc3ccncc3)C2c2ccc(OCC)c(OC)c2)c1. The molecule has 0 saturated carbocycles. The van der Waals surface area contributed by atoms with Crippen molar-refractivity contribution in [2.45, 2.75) is 32.9 Å². The highest BCUT2D eigenvalue weighted by Gasteiger charge is 2.46. The fourth-order valence-corrected chi connectivity index (χ4v) is 4.31. The van der Waals surface area contributed by atoms with Crippen molar-refractivity contribution in [3.05, 3.63) is 89.3 Å². The Hall–Kier alpha value is -4.33. The zero-order chi connectivity index (χ0) is 26.4. The number of likely N-dealkylation sites (tertiary alicyclic amines) is 1. The van der Waals surface area contributed by atoms with Gasteiger partial charge in [-0.05, 0) is 60.9 Å². The molecule has 1 amide bonds. The lowest BCUT2D eigenvalue weighted by molar-refractivity contribution is -0.140. The highest BCUT2D eigenvalue weighted by atomic mass is 16.5. The molecule has 1 N–H and O–H groups in total. The number of hydrogen-bond acceptors (Lipinski definition) is 7. The van der Waals surface area contributed by atoms with E-state index in [1.54, 1.807) is 67.0 Å². The van der Waals surface area contributed by atoms with E-state index in [4.69, 9.17) is 14.2 Å². The Bertz CT molecular complexity index is 1300. The summed E-state index contributed by atoms with van der Waals surface area (Å²) in [4.78, 5) is 32.2. The molecule has 8 nitrogen and oxygen atoms in total. The topological polar surface area (TPSA) is 98.2 Å². The van der Waals surface area contributed by atoms with Crippen LogP contribution < -0.4 is 14.2 Å². The quantitative estimate of drug-likeness (QED) is 0.239. The molecule has 1 saturated heterocycles. The van der Waals surface area contributed by atoms with E-state index in [1.165, 1.54) is 12.0 Å². The first-order valence-electron chi connectivity index (χ1n) is 12.2. The minimum atomic E-state index is -0.849. The van der Waals surface area contributed by atoms with Crippen molar-refractivity contribution < 1.29 is 28.9 Å². The largest absolute Gasteiger partial charge is 0.507 e. The number of carbonyl (C=O) groups is 2. The molecule has 4 rings (SSSR count). The smallest absolute Gasteiger partial charge is 0.295 e. The first-order valence-corrected chi connectivity index (χ1v) is 12.2. The second-order valence-electron chi connectivity index (χ2n) is 8.50. The predicted molar refractivity (Wildman–Crippen MR) is 138 cm³/mol. The average Bonchev–Trinajstić information content (AvgIpc) is 3.17. The molecule has 3 aromatic rings. The van der Waals surface area contributed by atoms with Gasteiger partial charge >= 0.3 is 0 Å². The molecule has 2 aromatic carbocycles. The van der Waals surface area contributed by atoms with Crippen molar-refractivity contribution in [2.24, 2.45) is 0 Å². The van der Waals surface area contributed by atoms with E-state index in [-0.39, 0.29) is 17.9 Å². The fourth-order valence-electron chi connectivity index (χ4n) is 4.31. The van der Waals surface area contributed by atoms with E-state index in [0.717, 1.165) is 12.0 Å². The third-order valence-corrected chi connectivity index (χ3v) is 6.03. The summed E-state index contributed by atoms with van der Waals surface area (Å²) in [6.07, 6.45) is 4.08. The Morgan fingerprint density at radius 1 is 1.00 bits per heavy atom. The van der Waals surface area contributed by atoms with Gasteiger partial charge in [0.1, 0.15) is 11.5 Å². The van der Waals surface area contributed by atoms with Crippen molar-refractivity contribution in [1.29, 1.82) is 0 Å². The third kappa shape index (κ3) is 5.43. The predicted octanol–water partition coefficient (Wildman–Crippen LogP) is 4.90. The van der Waals surface area contributed by atoms with Crippen molar-refractivity contribution in [2.75, 3.05) is 20.3 Å². The number of pyridine rings is 1. The molecule has 37 heavy (non-hydrogen) atoms. The molecule has 1 fully saturated rings. The number of amides is 1. The zero-order valence-electron chi connectivity index (χ0n) is 21.1. The Morgan fingerprint density at radius 3 is 2.49 bits per heavy atom. The van der Waals surface area contributed by atoms with Crippen LogP contribution in [0.4, 0.5) is 0 Å². The normalized spacial score (nSPS) is 16.6. The molecule has 0 spiro atoms. The molecule has 0 radical (unpaired) electrons. The monoisotopic (exact) mass is 502 g/mol. The number of ether oxygens (including phenoxy) is 3. The summed E-state index contributed by atoms with van der Waals surface area (Å²) in [6, 6.07) is 14.8. The lowest BCUT2D eigenvalue weighted by Crippen LogP contribution is -2.29. The number of aromatic nitrogens is 1. The van der Waals surface area contributed by atoms with Crippen molar-refractivity contribution in [3.8, 4) is 17.2 Å². The van der Waals surface area contributed by atoms with Crippen LogP contribution in [0.5, 0.6) is 17.2 Å². The van der Waals surface area contributed by atoms with Crippen LogP contribution in [-0.4, -0.2) is 47.0 Å². The summed E-state index contributed by atoms with van der Waals surface area (Å²) < 4.78 is 16.9. The standard InChI is InChI=1S/C29H30N2O6/c1-4-15-37-22-8-6-7-21(16-22)27(32)25-26(20-9-10-23(36-5-2)24(17-20)35-3)31(29(34)28(25)33)18-19-11-13-30-14-12-19/h6-14,16-17,26,32H,4-5,15,18H2,1-3H3/b27-25+. The number of methoxy groups -OCH3 is 1. The maximum absolute atomic E-state index is 13.4. The second-order valence-corrected chi connectivity index (χ2v) is 8.50. The minimum Gasteiger partial charge on any atom is -0.507 e. The summed E-state index contributed by atoms with van der Waals surface area (Å²) in [5, 5.41) is 11.4. The van der Waals surface area contributed by atoms with Crippen LogP contribution in [0.15, 0.2) is 72.6 Å². The molecule has 0 bridgehead atoms. The number of aliphatic hydroxyl groups is 1. The van der Waals surface area contributed by atoms with Gasteiger partial charge in [0.05, 0.1) is 31.9 Å². The average molecular weight is 503 g/mol. The van der Waals surface area contributed by atoms with Gasteiger partial charge in [0.25, 0.3) is 11.7 Å². The number of rotatable bonds is 10. The molecule has 8 heteroatoms. The number of benzene rings is 2. The Balaban J connectivity index is 1.85. The molecule has 1 aliphatic heterocycles. The molecule has 0 aliphatic carbocycles. The van der Waals surface area contributed by atoms with Gasteiger partial charge in [0.15, 0.2) is 11.5 Å². The number of carbonyl (C=O) groups excluding carboxylic acids is 2. The van der Waals surface area contributed by atoms with Gasteiger partial charge in [0, 0.05) is 24.5 Å². The van der Waals surface area contributed by atoms with Crippen LogP contribution in [0.3, 0.4) is 0 Å². The number of aliphatic hydroxyl groups excluding tert-OH is 1. The van der Waals surface area contributed by atoms with E-state index < -0.39 is 17.7 Å². The highest BCUT2D eigenvalue weighted by Crippen LogP contribution is 2.43. The van der Waals surface area contributed by atoms with Crippen molar-refractivity contribution in [3.63, 3.8) is 0 Å². The van der Waals surface area contributed by atoms with E-state index >= 15 is 0 Å². The summed E-state index contributed by atoms with van der Waals surface area (Å²) in [5.41, 5.74) is 1.79. The third-order valence-electron chi connectivity index (χ3n) is 6.03. The fraction of sp³-hybridized carbons (Fsp3) is 0.276. The molecular weight excluding hydrogens is 472 g/mol. The van der Waals surface area contributed by atoms with Gasteiger partial charge in [-0.25, -0.2) is 0 Å². The molecule has 2 heterocycles. The number of hydrogen-bond donors (Lipinski definition) is 1. The van der Waals surface area contributed by atoms with Gasteiger partial charge in [-0.2, -0.15) is 0 Å². The molecule has 1 aliphatic rings. The van der Waals surface area contributed by atoms with Crippen LogP contribution >= 0.6 is 0 Å². The van der Waals surface area contributed by atoms with Crippen LogP contribution in [0.25, 0.3) is 5.76 Å². The van der Waals surface area contributed by atoms with Gasteiger partial charge in [-0.1, -0.05) is 25.1 Å². The van der Waals surface area contributed by atoms with Gasteiger partial charge in [0.2, 0.25) is 0 Å². The van der Waals surface area contributed by atoms with Crippen LogP contribution in [-0.2, 0) is 16.1 Å². The van der Waals surface area contributed by atoms with E-state index in [9.17, 15) is 14.7 Å². The molecule has 1 aromatic heterocycles. The van der Waals surface area contributed by atoms with E-state index in [1.807, 2.05) is 13.8 Å². The summed E-state index contributed by atoms with van der Waals surface area (Å²) in [6.45, 7) is 5.00. The van der Waals surface area contributed by atoms with Gasteiger partial charge < -0.3 is 24.2 Å². The molecule has 1 atom stereocenters. The number of ketones is 1. The first kappa shape index (κ1) is 25.8. The summed E-state index contributed by atoms with van der Waals surface area (Å²) in [7, 11) is 1.53. The molecule has 192 valence electrons. The highest BCUT2D eigenvalue weighted by molar-refractivity contribution is 6.46. The number of Topliss-reactive ketones (excluding diaryl/α,β-unsaturated/α-hetero) is 1. The maximum atomic E-state index is 13.4. The van der Waals surface area contributed by atoms with E-state index in [0.29, 0.717) is 41.6 Å². The van der Waals surface area contributed by atoms with E-state index in [2.05, 4.69) is 4.98 Å². The Morgan fingerprint density at radius 2 is 1.78 bits per heavy atom. The zero-order valence-corrected chi connectivity index (χ0v) is 21.1. The summed E-state index contributed by atoms with van der Waals surface area (Å²) >= 11 is 0. The maximum Gasteiger partial charge on any atom is 0.295 e. The lowest BCUT2D eigenvalue weighted by Gasteiger charge is -2.26. The first-order chi connectivity index (χ1) is 18.0. The van der Waals surface area contributed by atoms with Gasteiger partial charge in [-0.3, -0.25) is 14.6 Å². The van der Waals surface area contributed by atoms with Crippen LogP contribution in [0.2, 0.25) is 0 Å². The summed E-state index contributed by atoms with van der Waals surface area (Å²) in [5.74, 6) is -0.158. The van der Waals surface area contributed by atoms with Crippen molar-refractivity contribution >= 4 is 17.4 Å². The number of nitrogens with zero attached hydrogens (tertiary/aromatic N) is 2. The van der Waals surface area contributed by atoms with Gasteiger partial charge in [-0.15, -0.1) is 0 Å². The molecule has 1 unspecified atom stereocenters. The van der Waals surface area contributed by atoms with Crippen molar-refractivity contribution in [1.82, 2.24) is 9.88 Å². The van der Waals surface area contributed by atoms with Crippen LogP contribution in [0.1, 0.15) is 43.0 Å². The lowest BCUT2D eigenvalue weighted by atomic mass is 9.94. The van der Waals surface area contributed by atoms with Crippen LogP contribution in [0, 0.1) is 0 Å². The Kier molecular flexibility index (Phi) is 8.08. The minimum absolute atomic E-state index is 0.00193. The Labute approximate surface area is 216 Å². The second kappa shape index (κ2) is 11.6. The molecular formula is C29H30N2O6.